The fraction of sp³-hybridized carbons (Fsp3) is 0.333. The van der Waals surface area contributed by atoms with Crippen molar-refractivity contribution in [3.63, 3.8) is 0 Å². The van der Waals surface area contributed by atoms with E-state index >= 15 is 0 Å². The van der Waals surface area contributed by atoms with Gasteiger partial charge in [-0.05, 0) is 17.7 Å². The molecule has 6 heteroatoms. The first-order chi connectivity index (χ1) is 10.3. The van der Waals surface area contributed by atoms with Crippen LogP contribution in [0.25, 0.3) is 0 Å². The van der Waals surface area contributed by atoms with Crippen molar-refractivity contribution in [2.75, 3.05) is 31.2 Å². The van der Waals surface area contributed by atoms with E-state index in [4.69, 9.17) is 16.3 Å². The van der Waals surface area contributed by atoms with Crippen LogP contribution in [-0.4, -0.2) is 36.3 Å². The molecule has 0 aliphatic carbocycles. The molecule has 0 radical (unpaired) electrons. The molecule has 1 aromatic carbocycles. The number of thioether (sulfide) groups is 1. The molecule has 0 saturated carbocycles. The third kappa shape index (κ3) is 4.09. The lowest BCUT2D eigenvalue weighted by molar-refractivity contribution is 0.122. The number of morpholine rings is 1. The topological polar surface area (TPSA) is 38.2 Å². The normalized spacial score (nSPS) is 15.2. The molecule has 110 valence electrons. The quantitative estimate of drug-likeness (QED) is 0.638. The van der Waals surface area contributed by atoms with Gasteiger partial charge in [-0.1, -0.05) is 23.7 Å². The molecule has 0 atom stereocenters. The zero-order valence-corrected chi connectivity index (χ0v) is 13.1. The predicted octanol–water partition coefficient (Wildman–Crippen LogP) is 3.26. The second-order valence-corrected chi connectivity index (χ2v) is 6.16. The minimum atomic E-state index is 0.759. The Bertz CT molecular complexity index is 605. The minimum absolute atomic E-state index is 0.759. The molecule has 1 saturated heterocycles. The van der Waals surface area contributed by atoms with E-state index in [-0.39, 0.29) is 0 Å². The summed E-state index contributed by atoms with van der Waals surface area (Å²) >= 11 is 7.69. The summed E-state index contributed by atoms with van der Waals surface area (Å²) in [4.78, 5) is 10.9. The van der Waals surface area contributed by atoms with Gasteiger partial charge in [-0.2, -0.15) is 0 Å². The molecule has 3 rings (SSSR count). The maximum absolute atomic E-state index is 6.00. The Labute approximate surface area is 133 Å². The number of hydrogen-bond donors (Lipinski definition) is 0. The molecular weight excluding hydrogens is 306 g/mol. The van der Waals surface area contributed by atoms with Crippen LogP contribution in [0.5, 0.6) is 0 Å². The van der Waals surface area contributed by atoms with E-state index < -0.39 is 0 Å². The van der Waals surface area contributed by atoms with Gasteiger partial charge in [-0.3, -0.25) is 0 Å². The summed E-state index contributed by atoms with van der Waals surface area (Å²) in [6.07, 6.45) is 1.63. The molecule has 0 unspecified atom stereocenters. The van der Waals surface area contributed by atoms with Gasteiger partial charge in [0, 0.05) is 29.9 Å². The van der Waals surface area contributed by atoms with Gasteiger partial charge >= 0.3 is 0 Å². The first-order valence-corrected chi connectivity index (χ1v) is 8.19. The average molecular weight is 322 g/mol. The second-order valence-electron chi connectivity index (χ2n) is 4.73. The molecule has 4 nitrogen and oxygen atoms in total. The molecule has 1 aliphatic heterocycles. The molecule has 0 spiro atoms. The van der Waals surface area contributed by atoms with Gasteiger partial charge in [0.1, 0.15) is 17.2 Å². The summed E-state index contributed by atoms with van der Waals surface area (Å²) in [5.74, 6) is 1.82. The number of anilines is 1. The Hall–Kier alpha value is -1.30. The molecule has 2 heterocycles. The smallest absolute Gasteiger partial charge is 0.133 e. The fourth-order valence-corrected chi connectivity index (χ4v) is 3.18. The van der Waals surface area contributed by atoms with Crippen LogP contribution in [0.15, 0.2) is 41.7 Å². The number of hydrogen-bond acceptors (Lipinski definition) is 5. The Morgan fingerprint density at radius 1 is 1.19 bits per heavy atom. The van der Waals surface area contributed by atoms with Crippen LogP contribution < -0.4 is 4.90 Å². The highest BCUT2D eigenvalue weighted by molar-refractivity contribution is 7.98. The van der Waals surface area contributed by atoms with Crippen LogP contribution in [0.1, 0.15) is 5.56 Å². The fourth-order valence-electron chi connectivity index (χ4n) is 2.16. The summed E-state index contributed by atoms with van der Waals surface area (Å²) in [6, 6.07) is 9.95. The maximum atomic E-state index is 6.00. The van der Waals surface area contributed by atoms with E-state index in [0.29, 0.717) is 0 Å². The lowest BCUT2D eigenvalue weighted by Crippen LogP contribution is -2.36. The highest BCUT2D eigenvalue weighted by Crippen LogP contribution is 2.24. The van der Waals surface area contributed by atoms with Crippen LogP contribution in [-0.2, 0) is 10.5 Å². The lowest BCUT2D eigenvalue weighted by Gasteiger charge is -2.27. The van der Waals surface area contributed by atoms with Crippen LogP contribution in [0, 0.1) is 0 Å². The minimum Gasteiger partial charge on any atom is -0.378 e. The van der Waals surface area contributed by atoms with Gasteiger partial charge in [-0.15, -0.1) is 11.8 Å². The van der Waals surface area contributed by atoms with Gasteiger partial charge in [-0.25, -0.2) is 9.97 Å². The number of ether oxygens (including phenoxy) is 1. The van der Waals surface area contributed by atoms with E-state index in [1.807, 2.05) is 24.3 Å². The summed E-state index contributed by atoms with van der Waals surface area (Å²) in [5, 5.41) is 1.75. The van der Waals surface area contributed by atoms with Gasteiger partial charge in [0.2, 0.25) is 0 Å². The van der Waals surface area contributed by atoms with Crippen LogP contribution in [0.4, 0.5) is 5.82 Å². The highest BCUT2D eigenvalue weighted by Gasteiger charge is 2.13. The molecule has 0 amide bonds. The molecule has 0 N–H and O–H groups in total. The standard InChI is InChI=1S/C15H16ClN3OS/c16-13-3-1-2-12(8-13)10-21-15-9-14(17-11-18-15)19-4-6-20-7-5-19/h1-3,8-9,11H,4-7,10H2. The second kappa shape index (κ2) is 7.11. The third-order valence-electron chi connectivity index (χ3n) is 3.24. The van der Waals surface area contributed by atoms with Crippen LogP contribution in [0.3, 0.4) is 0 Å². The summed E-state index contributed by atoms with van der Waals surface area (Å²) < 4.78 is 5.37. The first kappa shape index (κ1) is 14.6. The largest absolute Gasteiger partial charge is 0.378 e. The molecule has 1 fully saturated rings. The zero-order chi connectivity index (χ0) is 14.5. The molecule has 1 aromatic heterocycles. The van der Waals surface area contributed by atoms with Crippen molar-refractivity contribution in [2.45, 2.75) is 10.8 Å². The van der Waals surface area contributed by atoms with Crippen molar-refractivity contribution in [1.82, 2.24) is 9.97 Å². The summed E-state index contributed by atoms with van der Waals surface area (Å²) in [5.41, 5.74) is 1.19. The number of nitrogens with zero attached hydrogens (tertiary/aromatic N) is 3. The molecule has 2 aromatic rings. The predicted molar refractivity (Wildman–Crippen MR) is 86.1 cm³/mol. The van der Waals surface area contributed by atoms with Crippen LogP contribution >= 0.6 is 23.4 Å². The number of benzene rings is 1. The Morgan fingerprint density at radius 2 is 2.05 bits per heavy atom. The van der Waals surface area contributed by atoms with Crippen molar-refractivity contribution in [2.24, 2.45) is 0 Å². The number of rotatable bonds is 4. The molecule has 0 bridgehead atoms. The monoisotopic (exact) mass is 321 g/mol. The number of aromatic nitrogens is 2. The van der Waals surface area contributed by atoms with Crippen molar-refractivity contribution in [1.29, 1.82) is 0 Å². The SMILES string of the molecule is Clc1cccc(CSc2cc(N3CCOCC3)ncn2)c1. The zero-order valence-electron chi connectivity index (χ0n) is 11.5. The van der Waals surface area contributed by atoms with Gasteiger partial charge < -0.3 is 9.64 Å². The lowest BCUT2D eigenvalue weighted by atomic mass is 10.2. The van der Waals surface area contributed by atoms with Crippen molar-refractivity contribution in [3.8, 4) is 0 Å². The van der Waals surface area contributed by atoms with Crippen molar-refractivity contribution in [3.05, 3.63) is 47.2 Å². The maximum Gasteiger partial charge on any atom is 0.133 e. The molecule has 21 heavy (non-hydrogen) atoms. The van der Waals surface area contributed by atoms with Crippen molar-refractivity contribution < 1.29 is 4.74 Å². The van der Waals surface area contributed by atoms with Crippen molar-refractivity contribution >= 4 is 29.2 Å². The Morgan fingerprint density at radius 3 is 2.86 bits per heavy atom. The molecular formula is C15H16ClN3OS. The Kier molecular flexibility index (Phi) is 4.95. The Balaban J connectivity index is 1.65. The van der Waals surface area contributed by atoms with E-state index in [2.05, 4.69) is 20.9 Å². The summed E-state index contributed by atoms with van der Waals surface area (Å²) in [7, 11) is 0. The van der Waals surface area contributed by atoms with Crippen LogP contribution in [0.2, 0.25) is 5.02 Å². The van der Waals surface area contributed by atoms with E-state index in [0.717, 1.165) is 47.9 Å². The first-order valence-electron chi connectivity index (χ1n) is 6.83. The summed E-state index contributed by atoms with van der Waals surface area (Å²) in [6.45, 7) is 3.29. The number of halogens is 1. The van der Waals surface area contributed by atoms with E-state index in [9.17, 15) is 0 Å². The van der Waals surface area contributed by atoms with E-state index in [1.54, 1.807) is 18.1 Å². The van der Waals surface area contributed by atoms with Gasteiger partial charge in [0.15, 0.2) is 0 Å². The highest BCUT2D eigenvalue weighted by atomic mass is 35.5. The van der Waals surface area contributed by atoms with Gasteiger partial charge in [0.25, 0.3) is 0 Å². The third-order valence-corrected chi connectivity index (χ3v) is 4.47. The average Bonchev–Trinajstić information content (AvgIpc) is 2.54. The van der Waals surface area contributed by atoms with E-state index in [1.165, 1.54) is 5.56 Å². The molecule has 1 aliphatic rings. The van der Waals surface area contributed by atoms with Gasteiger partial charge in [0.05, 0.1) is 13.2 Å².